The summed E-state index contributed by atoms with van der Waals surface area (Å²) in [6.07, 6.45) is 3.44. The molecule has 4 nitrogen and oxygen atoms in total. The molecule has 1 heterocycles. The molecular formula is C17H21N3OS. The summed E-state index contributed by atoms with van der Waals surface area (Å²) in [6, 6.07) is 11.4. The van der Waals surface area contributed by atoms with Crippen LogP contribution in [0.5, 0.6) is 0 Å². The van der Waals surface area contributed by atoms with Crippen molar-refractivity contribution in [3.8, 4) is 0 Å². The molecule has 0 radical (unpaired) electrons. The molecular weight excluding hydrogens is 294 g/mol. The smallest absolute Gasteiger partial charge is 0.319 e. The molecule has 0 aliphatic rings. The minimum Gasteiger partial charge on any atom is -0.334 e. The van der Waals surface area contributed by atoms with Crippen molar-refractivity contribution in [2.45, 2.75) is 37.0 Å². The first-order valence-corrected chi connectivity index (χ1v) is 7.97. The number of amides is 2. The number of hydrogen-bond donors (Lipinski definition) is 2. The van der Waals surface area contributed by atoms with E-state index in [4.69, 9.17) is 0 Å². The Morgan fingerprint density at radius 2 is 1.91 bits per heavy atom. The molecule has 2 N–H and O–H groups in total. The van der Waals surface area contributed by atoms with E-state index in [1.54, 1.807) is 24.2 Å². The predicted octanol–water partition coefficient (Wildman–Crippen LogP) is 4.29. The van der Waals surface area contributed by atoms with Gasteiger partial charge in [0.1, 0.15) is 0 Å². The Labute approximate surface area is 135 Å². The average molecular weight is 315 g/mol. The second-order valence-electron chi connectivity index (χ2n) is 5.91. The molecule has 0 spiro atoms. The van der Waals surface area contributed by atoms with Gasteiger partial charge in [-0.3, -0.25) is 4.98 Å². The van der Waals surface area contributed by atoms with E-state index in [-0.39, 0.29) is 10.8 Å². The quantitative estimate of drug-likeness (QED) is 0.827. The summed E-state index contributed by atoms with van der Waals surface area (Å²) in [6.45, 7) is 6.98. The molecule has 116 valence electrons. The molecule has 0 saturated heterocycles. The SMILES string of the molecule is CC(C)(C)Sc1ccc(NC(=O)NCc2cccnc2)cc1. The van der Waals surface area contributed by atoms with Gasteiger partial charge in [0, 0.05) is 34.3 Å². The zero-order valence-corrected chi connectivity index (χ0v) is 13.9. The monoisotopic (exact) mass is 315 g/mol. The number of thioether (sulfide) groups is 1. The molecule has 22 heavy (non-hydrogen) atoms. The minimum atomic E-state index is -0.222. The highest BCUT2D eigenvalue weighted by Gasteiger charge is 2.11. The Morgan fingerprint density at radius 1 is 1.18 bits per heavy atom. The van der Waals surface area contributed by atoms with Crippen LogP contribution in [0.2, 0.25) is 0 Å². The molecule has 1 aromatic carbocycles. The second-order valence-corrected chi connectivity index (χ2v) is 7.81. The van der Waals surface area contributed by atoms with Gasteiger partial charge in [-0.2, -0.15) is 0 Å². The fourth-order valence-corrected chi connectivity index (χ4v) is 2.80. The molecule has 0 aliphatic heterocycles. The maximum absolute atomic E-state index is 11.9. The number of carbonyl (C=O) groups is 1. The maximum Gasteiger partial charge on any atom is 0.319 e. The van der Waals surface area contributed by atoms with Gasteiger partial charge in [0.15, 0.2) is 0 Å². The lowest BCUT2D eigenvalue weighted by molar-refractivity contribution is 0.251. The molecule has 0 unspecified atom stereocenters. The number of pyridine rings is 1. The third-order valence-electron chi connectivity index (χ3n) is 2.71. The standard InChI is InChI=1S/C17H21N3OS/c1-17(2,3)22-15-8-6-14(7-9-15)20-16(21)19-12-13-5-4-10-18-11-13/h4-11H,12H2,1-3H3,(H2,19,20,21). The molecule has 0 fully saturated rings. The molecule has 1 aromatic heterocycles. The van der Waals surface area contributed by atoms with E-state index in [1.165, 1.54) is 4.90 Å². The van der Waals surface area contributed by atoms with E-state index in [9.17, 15) is 4.79 Å². The van der Waals surface area contributed by atoms with Gasteiger partial charge >= 0.3 is 6.03 Å². The molecule has 0 saturated carbocycles. The van der Waals surface area contributed by atoms with Gasteiger partial charge in [-0.15, -0.1) is 11.8 Å². The van der Waals surface area contributed by atoms with E-state index in [0.29, 0.717) is 6.54 Å². The van der Waals surface area contributed by atoms with Crippen molar-refractivity contribution in [1.82, 2.24) is 10.3 Å². The third kappa shape index (κ3) is 5.77. The summed E-state index contributed by atoms with van der Waals surface area (Å²) in [5.41, 5.74) is 1.75. The van der Waals surface area contributed by atoms with Crippen LogP contribution < -0.4 is 10.6 Å². The number of urea groups is 1. The highest BCUT2D eigenvalue weighted by molar-refractivity contribution is 8.00. The predicted molar refractivity (Wildman–Crippen MR) is 92.1 cm³/mol. The normalized spacial score (nSPS) is 11.0. The Morgan fingerprint density at radius 3 is 2.50 bits per heavy atom. The van der Waals surface area contributed by atoms with E-state index in [1.807, 2.05) is 36.4 Å². The van der Waals surface area contributed by atoms with Gasteiger partial charge in [-0.25, -0.2) is 4.79 Å². The summed E-state index contributed by atoms with van der Waals surface area (Å²) < 4.78 is 0.177. The molecule has 0 aliphatic carbocycles. The summed E-state index contributed by atoms with van der Waals surface area (Å²) >= 11 is 1.80. The Bertz CT molecular complexity index is 606. The van der Waals surface area contributed by atoms with Crippen molar-refractivity contribution in [1.29, 1.82) is 0 Å². The summed E-state index contributed by atoms with van der Waals surface area (Å²) in [5, 5.41) is 5.63. The number of nitrogens with one attached hydrogen (secondary N) is 2. The average Bonchev–Trinajstić information content (AvgIpc) is 2.47. The number of carbonyl (C=O) groups excluding carboxylic acids is 1. The minimum absolute atomic E-state index is 0.177. The molecule has 2 amide bonds. The molecule has 5 heteroatoms. The Kier molecular flexibility index (Phi) is 5.44. The molecule has 0 atom stereocenters. The lowest BCUT2D eigenvalue weighted by atomic mass is 10.3. The van der Waals surface area contributed by atoms with Crippen LogP contribution in [0.4, 0.5) is 10.5 Å². The fraction of sp³-hybridized carbons (Fsp3) is 0.294. The number of hydrogen-bond acceptors (Lipinski definition) is 3. The fourth-order valence-electron chi connectivity index (χ4n) is 1.82. The van der Waals surface area contributed by atoms with Crippen LogP contribution in [0.25, 0.3) is 0 Å². The first-order valence-electron chi connectivity index (χ1n) is 7.15. The summed E-state index contributed by atoms with van der Waals surface area (Å²) in [5.74, 6) is 0. The first-order chi connectivity index (χ1) is 10.4. The largest absolute Gasteiger partial charge is 0.334 e. The van der Waals surface area contributed by atoms with Crippen molar-refractivity contribution >= 4 is 23.5 Å². The van der Waals surface area contributed by atoms with Crippen LogP contribution in [0.1, 0.15) is 26.3 Å². The first kappa shape index (κ1) is 16.4. The van der Waals surface area contributed by atoms with E-state index < -0.39 is 0 Å². The van der Waals surface area contributed by atoms with Crippen molar-refractivity contribution in [2.75, 3.05) is 5.32 Å². The van der Waals surface area contributed by atoms with E-state index in [0.717, 1.165) is 11.3 Å². The number of nitrogens with zero attached hydrogens (tertiary/aromatic N) is 1. The number of anilines is 1. The van der Waals surface area contributed by atoms with Gasteiger partial charge in [0.2, 0.25) is 0 Å². The number of rotatable bonds is 4. The number of aromatic nitrogens is 1. The van der Waals surface area contributed by atoms with Gasteiger partial charge in [0.05, 0.1) is 0 Å². The Balaban J connectivity index is 1.84. The van der Waals surface area contributed by atoms with Crippen LogP contribution in [0.3, 0.4) is 0 Å². The van der Waals surface area contributed by atoms with Crippen molar-refractivity contribution < 1.29 is 4.79 Å². The lowest BCUT2D eigenvalue weighted by Gasteiger charge is -2.17. The van der Waals surface area contributed by atoms with Gasteiger partial charge in [-0.1, -0.05) is 26.8 Å². The van der Waals surface area contributed by atoms with Gasteiger partial charge in [0.25, 0.3) is 0 Å². The van der Waals surface area contributed by atoms with Crippen LogP contribution in [-0.4, -0.2) is 15.8 Å². The third-order valence-corrected chi connectivity index (χ3v) is 3.83. The highest BCUT2D eigenvalue weighted by atomic mass is 32.2. The van der Waals surface area contributed by atoms with E-state index in [2.05, 4.69) is 36.4 Å². The van der Waals surface area contributed by atoms with Crippen LogP contribution in [0, 0.1) is 0 Å². The van der Waals surface area contributed by atoms with Crippen molar-refractivity contribution in [2.24, 2.45) is 0 Å². The number of benzene rings is 1. The zero-order chi connectivity index (χ0) is 16.0. The second kappa shape index (κ2) is 7.31. The van der Waals surface area contributed by atoms with Crippen LogP contribution >= 0.6 is 11.8 Å². The van der Waals surface area contributed by atoms with Gasteiger partial charge < -0.3 is 10.6 Å². The maximum atomic E-state index is 11.9. The molecule has 2 rings (SSSR count). The zero-order valence-electron chi connectivity index (χ0n) is 13.1. The lowest BCUT2D eigenvalue weighted by Crippen LogP contribution is -2.28. The summed E-state index contributed by atoms with van der Waals surface area (Å²) in [7, 11) is 0. The van der Waals surface area contributed by atoms with Crippen molar-refractivity contribution in [3.63, 3.8) is 0 Å². The van der Waals surface area contributed by atoms with E-state index >= 15 is 0 Å². The van der Waals surface area contributed by atoms with Crippen LogP contribution in [0.15, 0.2) is 53.7 Å². The molecule has 2 aromatic rings. The molecule has 0 bridgehead atoms. The van der Waals surface area contributed by atoms with Crippen molar-refractivity contribution in [3.05, 3.63) is 54.4 Å². The van der Waals surface area contributed by atoms with Gasteiger partial charge in [-0.05, 0) is 35.9 Å². The topological polar surface area (TPSA) is 54.0 Å². The highest BCUT2D eigenvalue weighted by Crippen LogP contribution is 2.32. The summed E-state index contributed by atoms with van der Waals surface area (Å²) in [4.78, 5) is 17.1. The van der Waals surface area contributed by atoms with Crippen LogP contribution in [-0.2, 0) is 6.54 Å². The Hall–Kier alpha value is -2.01.